The van der Waals surface area contributed by atoms with E-state index in [1.807, 2.05) is 0 Å². The van der Waals surface area contributed by atoms with E-state index in [2.05, 4.69) is 0 Å². The van der Waals surface area contributed by atoms with Crippen molar-refractivity contribution in [3.8, 4) is 11.8 Å². The smallest absolute Gasteiger partial charge is 0.204 e. The first-order valence-corrected chi connectivity index (χ1v) is 5.80. The summed E-state index contributed by atoms with van der Waals surface area (Å²) in [5.74, 6) is -11.6. The molecule has 0 amide bonds. The summed E-state index contributed by atoms with van der Waals surface area (Å²) in [7, 11) is 0. The number of rotatable bonds is 2. The number of phenolic OH excluding ortho intramolecular Hbond substituents is 1. The van der Waals surface area contributed by atoms with E-state index in [4.69, 9.17) is 10.4 Å². The minimum absolute atomic E-state index is 0.202. The van der Waals surface area contributed by atoms with Crippen molar-refractivity contribution in [2.24, 2.45) is 0 Å². The van der Waals surface area contributed by atoms with E-state index in [0.29, 0.717) is 0 Å². The number of hydrogen-bond donors (Lipinski definition) is 1. The molecule has 2 nitrogen and oxygen atoms in total. The maximum atomic E-state index is 14.2. The number of nitriles is 1. The van der Waals surface area contributed by atoms with E-state index in [1.165, 1.54) is 36.4 Å². The van der Waals surface area contributed by atoms with Crippen molar-refractivity contribution in [3.05, 3.63) is 64.7 Å². The molecule has 0 heterocycles. The van der Waals surface area contributed by atoms with Crippen LogP contribution in [0, 0.1) is 34.6 Å². The predicted octanol–water partition coefficient (Wildman–Crippen LogP) is 4.31. The molecular weight excluding hydrogens is 305 g/mol. The highest BCUT2D eigenvalue weighted by atomic mass is 19.2. The average Bonchev–Trinajstić information content (AvgIpc) is 2.55. The van der Waals surface area contributed by atoms with Crippen LogP contribution < -0.4 is 0 Å². The number of allylic oxidation sites excluding steroid dienone is 1. The Morgan fingerprint density at radius 1 is 0.909 bits per heavy atom. The summed E-state index contributed by atoms with van der Waals surface area (Å²) in [5.41, 5.74) is -2.94. The van der Waals surface area contributed by atoms with Crippen LogP contribution in [0.2, 0.25) is 0 Å². The van der Waals surface area contributed by atoms with Gasteiger partial charge in [-0.15, -0.1) is 0 Å². The molecule has 0 radical (unpaired) electrons. The third-order valence-electron chi connectivity index (χ3n) is 2.85. The SMILES string of the molecule is N#CC(=C(F)c1ccccc1)c1c(F)c(F)c(O)c(F)c1F. The van der Waals surface area contributed by atoms with Crippen LogP contribution in [0.3, 0.4) is 0 Å². The molecule has 0 aliphatic carbocycles. The Labute approximate surface area is 121 Å². The highest BCUT2D eigenvalue weighted by Gasteiger charge is 2.29. The topological polar surface area (TPSA) is 44.0 Å². The zero-order valence-electron chi connectivity index (χ0n) is 10.7. The minimum Gasteiger partial charge on any atom is -0.503 e. The maximum Gasteiger partial charge on any atom is 0.204 e. The Hall–Kier alpha value is -2.88. The lowest BCUT2D eigenvalue weighted by molar-refractivity contribution is 0.355. The summed E-state index contributed by atoms with van der Waals surface area (Å²) >= 11 is 0. The Balaban J connectivity index is 2.82. The molecule has 7 heteroatoms. The van der Waals surface area contributed by atoms with Crippen LogP contribution in [0.1, 0.15) is 11.1 Å². The molecule has 0 aliphatic heterocycles. The molecule has 0 spiro atoms. The standard InChI is InChI=1S/C15H6F5NO/c16-10(7-4-2-1-3-5-7)8(6-21)9-11(17)13(19)15(22)14(20)12(9)18/h1-5,22H. The molecule has 22 heavy (non-hydrogen) atoms. The second-order valence-electron chi connectivity index (χ2n) is 4.15. The number of nitrogens with zero attached hydrogens (tertiary/aromatic N) is 1. The van der Waals surface area contributed by atoms with Gasteiger partial charge in [0.2, 0.25) is 11.6 Å². The van der Waals surface area contributed by atoms with E-state index in [-0.39, 0.29) is 5.56 Å². The van der Waals surface area contributed by atoms with E-state index >= 15 is 0 Å². The Morgan fingerprint density at radius 3 is 1.86 bits per heavy atom. The van der Waals surface area contributed by atoms with Crippen molar-refractivity contribution in [3.63, 3.8) is 0 Å². The summed E-state index contributed by atoms with van der Waals surface area (Å²) in [6, 6.07) is 7.92. The van der Waals surface area contributed by atoms with Gasteiger partial charge in [0.15, 0.2) is 17.4 Å². The zero-order chi connectivity index (χ0) is 16.4. The van der Waals surface area contributed by atoms with Crippen LogP contribution in [0.4, 0.5) is 22.0 Å². The highest BCUT2D eigenvalue weighted by Crippen LogP contribution is 2.36. The summed E-state index contributed by atoms with van der Waals surface area (Å²) in [5, 5.41) is 17.8. The molecule has 0 aromatic heterocycles. The lowest BCUT2D eigenvalue weighted by Gasteiger charge is -2.09. The third-order valence-corrected chi connectivity index (χ3v) is 2.85. The first kappa shape index (κ1) is 15.5. The fourth-order valence-electron chi connectivity index (χ4n) is 1.78. The van der Waals surface area contributed by atoms with E-state index in [0.717, 1.165) is 0 Å². The highest BCUT2D eigenvalue weighted by molar-refractivity contribution is 5.94. The molecule has 2 aromatic rings. The van der Waals surface area contributed by atoms with Gasteiger partial charge in [-0.3, -0.25) is 0 Å². The molecule has 2 aromatic carbocycles. The van der Waals surface area contributed by atoms with E-state index < -0.39 is 46.0 Å². The first-order chi connectivity index (χ1) is 10.4. The van der Waals surface area contributed by atoms with E-state index in [1.54, 1.807) is 0 Å². The maximum absolute atomic E-state index is 14.2. The number of hydrogen-bond acceptors (Lipinski definition) is 2. The number of phenols is 1. The van der Waals surface area contributed by atoms with Crippen LogP contribution >= 0.6 is 0 Å². The summed E-state index contributed by atoms with van der Waals surface area (Å²) < 4.78 is 68.3. The van der Waals surface area contributed by atoms with Gasteiger partial charge < -0.3 is 5.11 Å². The van der Waals surface area contributed by atoms with Crippen molar-refractivity contribution in [1.82, 2.24) is 0 Å². The molecule has 0 bridgehead atoms. The van der Waals surface area contributed by atoms with Crippen LogP contribution in [0.5, 0.6) is 5.75 Å². The fraction of sp³-hybridized carbons (Fsp3) is 0. The summed E-state index contributed by atoms with van der Waals surface area (Å²) in [4.78, 5) is 0. The molecule has 0 atom stereocenters. The normalized spacial score (nSPS) is 11.8. The largest absolute Gasteiger partial charge is 0.503 e. The lowest BCUT2D eigenvalue weighted by atomic mass is 10.0. The van der Waals surface area contributed by atoms with Crippen molar-refractivity contribution < 1.29 is 27.1 Å². The molecule has 0 fully saturated rings. The van der Waals surface area contributed by atoms with Gasteiger partial charge in [0.1, 0.15) is 17.5 Å². The minimum atomic E-state index is -2.11. The Kier molecular flexibility index (Phi) is 4.13. The van der Waals surface area contributed by atoms with Gasteiger partial charge in [-0.25, -0.2) is 13.2 Å². The van der Waals surface area contributed by atoms with Crippen LogP contribution in [-0.4, -0.2) is 5.11 Å². The molecule has 0 unspecified atom stereocenters. The molecule has 0 aliphatic rings. The van der Waals surface area contributed by atoms with Gasteiger partial charge in [0, 0.05) is 5.56 Å². The first-order valence-electron chi connectivity index (χ1n) is 5.80. The molecule has 2 rings (SSSR count). The number of aromatic hydroxyl groups is 1. The third kappa shape index (κ3) is 2.39. The summed E-state index contributed by atoms with van der Waals surface area (Å²) in [6.45, 7) is 0. The van der Waals surface area contributed by atoms with E-state index in [9.17, 15) is 22.0 Å². The second kappa shape index (κ2) is 5.85. The summed E-state index contributed by atoms with van der Waals surface area (Å²) in [6.07, 6.45) is 0. The average molecular weight is 311 g/mol. The fourth-order valence-corrected chi connectivity index (χ4v) is 1.78. The van der Waals surface area contributed by atoms with Gasteiger partial charge in [0.25, 0.3) is 0 Å². The van der Waals surface area contributed by atoms with Crippen LogP contribution in [-0.2, 0) is 0 Å². The quantitative estimate of drug-likeness (QED) is 0.389. The van der Waals surface area contributed by atoms with Crippen molar-refractivity contribution in [2.75, 3.05) is 0 Å². The lowest BCUT2D eigenvalue weighted by Crippen LogP contribution is -2.03. The molecule has 0 saturated carbocycles. The van der Waals surface area contributed by atoms with Gasteiger partial charge in [-0.05, 0) is 0 Å². The Morgan fingerprint density at radius 2 is 1.41 bits per heavy atom. The monoisotopic (exact) mass is 311 g/mol. The number of benzene rings is 2. The van der Waals surface area contributed by atoms with Crippen molar-refractivity contribution in [2.45, 2.75) is 0 Å². The predicted molar refractivity (Wildman–Crippen MR) is 67.9 cm³/mol. The number of halogens is 5. The van der Waals surface area contributed by atoms with Crippen molar-refractivity contribution in [1.29, 1.82) is 5.26 Å². The molecular formula is C15H6F5NO. The van der Waals surface area contributed by atoms with Gasteiger partial charge in [-0.1, -0.05) is 30.3 Å². The van der Waals surface area contributed by atoms with Crippen LogP contribution in [0.25, 0.3) is 11.4 Å². The van der Waals surface area contributed by atoms with Gasteiger partial charge in [-0.2, -0.15) is 14.0 Å². The molecule has 112 valence electrons. The second-order valence-corrected chi connectivity index (χ2v) is 4.15. The van der Waals surface area contributed by atoms with Crippen molar-refractivity contribution >= 4 is 11.4 Å². The van der Waals surface area contributed by atoms with Gasteiger partial charge >= 0.3 is 0 Å². The molecule has 0 saturated heterocycles. The Bertz CT molecular complexity index is 780. The van der Waals surface area contributed by atoms with Gasteiger partial charge in [0.05, 0.1) is 5.56 Å². The molecule has 1 N–H and O–H groups in total. The zero-order valence-corrected chi connectivity index (χ0v) is 10.7. The van der Waals surface area contributed by atoms with Crippen LogP contribution in [0.15, 0.2) is 30.3 Å².